The van der Waals surface area contributed by atoms with Crippen molar-refractivity contribution in [3.8, 4) is 0 Å². The summed E-state index contributed by atoms with van der Waals surface area (Å²) in [5.41, 5.74) is 2.95. The fourth-order valence-electron chi connectivity index (χ4n) is 3.70. The lowest BCUT2D eigenvalue weighted by Crippen LogP contribution is -2.56. The molecular weight excluding hydrogens is 396 g/mol. The predicted molar refractivity (Wildman–Crippen MR) is 119 cm³/mol. The number of para-hydroxylation sites is 1. The number of carbonyl (C=O) groups excluding carboxylic acids is 1. The SMILES string of the molecule is C=C(c1ccccc1)[C@H]1N(C)C(=O)c2ccccc2N1S(=O)(=O)c1ccc(C)cc1. The zero-order chi connectivity index (χ0) is 21.5. The molecule has 0 aromatic heterocycles. The van der Waals surface area contributed by atoms with Crippen LogP contribution in [0.15, 0.2) is 90.3 Å². The second-order valence-electron chi connectivity index (χ2n) is 7.31. The number of likely N-dealkylation sites (N-methyl/N-ethyl adjacent to an activating group) is 1. The number of aryl methyl sites for hydroxylation is 1. The Morgan fingerprint density at radius 2 is 1.50 bits per heavy atom. The molecule has 1 aliphatic heterocycles. The van der Waals surface area contributed by atoms with Crippen LogP contribution in [-0.4, -0.2) is 32.4 Å². The number of rotatable bonds is 4. The van der Waals surface area contributed by atoms with Gasteiger partial charge in [0.1, 0.15) is 6.17 Å². The van der Waals surface area contributed by atoms with Crippen LogP contribution in [0.2, 0.25) is 0 Å². The molecule has 0 aliphatic carbocycles. The van der Waals surface area contributed by atoms with E-state index < -0.39 is 16.2 Å². The molecule has 0 N–H and O–H groups in total. The standard InChI is InChI=1S/C24H22N2O3S/c1-17-13-15-20(16-14-17)30(28,29)26-22-12-8-7-11-21(22)24(27)25(3)23(26)18(2)19-9-5-4-6-10-19/h4-16,23H,2H2,1,3H3/t23-/m0/s1. The molecule has 0 saturated carbocycles. The van der Waals surface area contributed by atoms with Crippen LogP contribution in [0.5, 0.6) is 0 Å². The van der Waals surface area contributed by atoms with E-state index in [2.05, 4.69) is 6.58 Å². The van der Waals surface area contributed by atoms with Crippen molar-refractivity contribution in [2.24, 2.45) is 0 Å². The minimum Gasteiger partial charge on any atom is -0.316 e. The molecule has 0 unspecified atom stereocenters. The lowest BCUT2D eigenvalue weighted by molar-refractivity contribution is 0.0758. The molecule has 0 spiro atoms. The fraction of sp³-hybridized carbons (Fsp3) is 0.125. The van der Waals surface area contributed by atoms with Gasteiger partial charge in [0, 0.05) is 7.05 Å². The Balaban J connectivity index is 1.94. The van der Waals surface area contributed by atoms with Gasteiger partial charge < -0.3 is 4.90 Å². The van der Waals surface area contributed by atoms with E-state index in [1.807, 2.05) is 37.3 Å². The maximum atomic E-state index is 13.8. The third-order valence-electron chi connectivity index (χ3n) is 5.32. The van der Waals surface area contributed by atoms with E-state index in [9.17, 15) is 13.2 Å². The zero-order valence-corrected chi connectivity index (χ0v) is 17.6. The van der Waals surface area contributed by atoms with Crippen LogP contribution in [0.1, 0.15) is 21.5 Å². The van der Waals surface area contributed by atoms with Gasteiger partial charge >= 0.3 is 0 Å². The third kappa shape index (κ3) is 3.19. The summed E-state index contributed by atoms with van der Waals surface area (Å²) in [5.74, 6) is -0.247. The summed E-state index contributed by atoms with van der Waals surface area (Å²) < 4.78 is 28.9. The average Bonchev–Trinajstić information content (AvgIpc) is 2.76. The predicted octanol–water partition coefficient (Wildman–Crippen LogP) is 4.32. The van der Waals surface area contributed by atoms with Crippen molar-refractivity contribution < 1.29 is 13.2 Å². The van der Waals surface area contributed by atoms with E-state index in [-0.39, 0.29) is 10.8 Å². The van der Waals surface area contributed by atoms with Crippen molar-refractivity contribution in [1.29, 1.82) is 0 Å². The molecule has 152 valence electrons. The minimum atomic E-state index is -3.97. The van der Waals surface area contributed by atoms with Crippen molar-refractivity contribution in [1.82, 2.24) is 4.90 Å². The van der Waals surface area contributed by atoms with E-state index in [0.29, 0.717) is 16.8 Å². The molecule has 1 amide bonds. The monoisotopic (exact) mass is 418 g/mol. The highest BCUT2D eigenvalue weighted by atomic mass is 32.2. The van der Waals surface area contributed by atoms with E-state index in [1.165, 1.54) is 9.21 Å². The topological polar surface area (TPSA) is 57.7 Å². The Bertz CT molecular complexity index is 1220. The smallest absolute Gasteiger partial charge is 0.266 e. The molecule has 0 fully saturated rings. The molecule has 0 bridgehead atoms. The molecule has 3 aromatic carbocycles. The zero-order valence-electron chi connectivity index (χ0n) is 16.8. The second kappa shape index (κ2) is 7.46. The maximum absolute atomic E-state index is 13.8. The number of sulfonamides is 1. The van der Waals surface area contributed by atoms with Crippen molar-refractivity contribution in [3.63, 3.8) is 0 Å². The van der Waals surface area contributed by atoms with Crippen LogP contribution in [-0.2, 0) is 10.0 Å². The van der Waals surface area contributed by atoms with Crippen LogP contribution < -0.4 is 4.31 Å². The van der Waals surface area contributed by atoms with E-state index in [4.69, 9.17) is 0 Å². The molecule has 1 aliphatic rings. The Morgan fingerprint density at radius 1 is 0.900 bits per heavy atom. The van der Waals surface area contributed by atoms with Crippen LogP contribution in [0.4, 0.5) is 5.69 Å². The second-order valence-corrected chi connectivity index (χ2v) is 9.13. The first kappa shape index (κ1) is 19.9. The first-order valence-corrected chi connectivity index (χ1v) is 11.0. The first-order chi connectivity index (χ1) is 14.3. The quantitative estimate of drug-likeness (QED) is 0.634. The average molecular weight is 419 g/mol. The van der Waals surface area contributed by atoms with Crippen molar-refractivity contribution in [2.45, 2.75) is 18.0 Å². The Hall–Kier alpha value is -3.38. The maximum Gasteiger partial charge on any atom is 0.266 e. The van der Waals surface area contributed by atoms with Gasteiger partial charge in [0.2, 0.25) is 0 Å². The summed E-state index contributed by atoms with van der Waals surface area (Å²) in [5, 5.41) is 0. The summed E-state index contributed by atoms with van der Waals surface area (Å²) in [6.07, 6.45) is -0.888. The van der Waals surface area contributed by atoms with Gasteiger partial charge in [-0.25, -0.2) is 12.7 Å². The van der Waals surface area contributed by atoms with Crippen molar-refractivity contribution >= 4 is 27.2 Å². The number of hydrogen-bond donors (Lipinski definition) is 0. The number of nitrogens with zero attached hydrogens (tertiary/aromatic N) is 2. The Labute approximate surface area is 176 Å². The first-order valence-electron chi connectivity index (χ1n) is 9.54. The molecule has 1 atom stereocenters. The fourth-order valence-corrected chi connectivity index (χ4v) is 5.35. The molecule has 6 heteroatoms. The molecule has 3 aromatic rings. The molecular formula is C24H22N2O3S. The normalized spacial score (nSPS) is 16.3. The number of amides is 1. The van der Waals surface area contributed by atoms with Gasteiger partial charge in [-0.2, -0.15) is 0 Å². The van der Waals surface area contributed by atoms with Gasteiger partial charge in [-0.1, -0.05) is 66.7 Å². The van der Waals surface area contributed by atoms with Crippen LogP contribution in [0, 0.1) is 6.92 Å². The highest BCUT2D eigenvalue weighted by Gasteiger charge is 2.43. The van der Waals surface area contributed by atoms with Gasteiger partial charge in [0.25, 0.3) is 15.9 Å². The highest BCUT2D eigenvalue weighted by molar-refractivity contribution is 7.93. The Morgan fingerprint density at radius 3 is 2.17 bits per heavy atom. The molecule has 5 nitrogen and oxygen atoms in total. The van der Waals surface area contributed by atoms with Gasteiger partial charge in [-0.05, 0) is 42.3 Å². The van der Waals surface area contributed by atoms with Crippen LogP contribution in [0.3, 0.4) is 0 Å². The number of anilines is 1. The number of fused-ring (bicyclic) bond motifs is 1. The van der Waals surface area contributed by atoms with Crippen LogP contribution in [0.25, 0.3) is 5.57 Å². The highest BCUT2D eigenvalue weighted by Crippen LogP contribution is 2.39. The molecule has 30 heavy (non-hydrogen) atoms. The molecule has 0 saturated heterocycles. The number of benzene rings is 3. The minimum absolute atomic E-state index is 0.163. The lowest BCUT2D eigenvalue weighted by Gasteiger charge is -2.43. The van der Waals surface area contributed by atoms with Crippen molar-refractivity contribution in [3.05, 3.63) is 102 Å². The molecule has 1 heterocycles. The largest absolute Gasteiger partial charge is 0.316 e. The summed E-state index contributed by atoms with van der Waals surface area (Å²) in [4.78, 5) is 14.7. The van der Waals surface area contributed by atoms with Crippen LogP contribution >= 0.6 is 0 Å². The van der Waals surface area contributed by atoms with Crippen molar-refractivity contribution in [2.75, 3.05) is 11.4 Å². The molecule has 0 radical (unpaired) electrons. The van der Waals surface area contributed by atoms with E-state index in [0.717, 1.165) is 11.1 Å². The van der Waals surface area contributed by atoms with E-state index >= 15 is 0 Å². The molecule has 4 rings (SSSR count). The summed E-state index contributed by atoms with van der Waals surface area (Å²) in [6, 6.07) is 22.8. The van der Waals surface area contributed by atoms with Gasteiger partial charge in [-0.15, -0.1) is 0 Å². The van der Waals surface area contributed by atoms with Gasteiger partial charge in [0.15, 0.2) is 0 Å². The number of carbonyl (C=O) groups is 1. The van der Waals surface area contributed by atoms with Gasteiger partial charge in [-0.3, -0.25) is 4.79 Å². The third-order valence-corrected chi connectivity index (χ3v) is 7.10. The summed E-state index contributed by atoms with van der Waals surface area (Å²) >= 11 is 0. The summed E-state index contributed by atoms with van der Waals surface area (Å²) in [7, 11) is -2.37. The number of hydrogen-bond acceptors (Lipinski definition) is 3. The summed E-state index contributed by atoms with van der Waals surface area (Å²) in [6.45, 7) is 6.08. The van der Waals surface area contributed by atoms with E-state index in [1.54, 1.807) is 55.6 Å². The van der Waals surface area contributed by atoms with Gasteiger partial charge in [0.05, 0.1) is 16.1 Å². The lowest BCUT2D eigenvalue weighted by atomic mass is 10.00. The Kier molecular flexibility index (Phi) is 4.95.